The Bertz CT molecular complexity index is 1350. The lowest BCUT2D eigenvalue weighted by molar-refractivity contribution is -0.128. The van der Waals surface area contributed by atoms with Crippen molar-refractivity contribution in [1.29, 1.82) is 0 Å². The number of carbonyl (C=O) groups excluding carboxylic acids is 1. The molecule has 0 spiro atoms. The smallest absolute Gasteiger partial charge is 0.233 e. The Kier molecular flexibility index (Phi) is 10.2. The average Bonchev–Trinajstić information content (AvgIpc) is 2.84. The van der Waals surface area contributed by atoms with Crippen molar-refractivity contribution < 1.29 is 26.4 Å². The summed E-state index contributed by atoms with van der Waals surface area (Å²) in [6.45, 7) is 15.2. The van der Waals surface area contributed by atoms with Crippen molar-refractivity contribution in [3.05, 3.63) is 58.7 Å². The molecule has 0 radical (unpaired) electrons. The van der Waals surface area contributed by atoms with E-state index in [9.17, 15) is 21.6 Å². The molecule has 9 heteroatoms. The van der Waals surface area contributed by atoms with Crippen LogP contribution in [0.1, 0.15) is 76.6 Å². The molecule has 0 amide bonds. The fourth-order valence-electron chi connectivity index (χ4n) is 4.38. The lowest BCUT2D eigenvalue weighted by Gasteiger charge is -2.34. The molecular formula is C29H43NO6S2. The number of hydrogen-bond donors (Lipinski definition) is 1. The minimum absolute atomic E-state index is 0.0251. The number of aryl methyl sites for hydroxylation is 2. The zero-order valence-electron chi connectivity index (χ0n) is 24.0. The summed E-state index contributed by atoms with van der Waals surface area (Å²) in [6.07, 6.45) is 1.65. The molecule has 0 unspecified atom stereocenters. The van der Waals surface area contributed by atoms with Crippen LogP contribution >= 0.6 is 0 Å². The van der Waals surface area contributed by atoms with Gasteiger partial charge in [-0.25, -0.2) is 16.8 Å². The van der Waals surface area contributed by atoms with Gasteiger partial charge in [-0.1, -0.05) is 65.8 Å². The van der Waals surface area contributed by atoms with Gasteiger partial charge in [-0.3, -0.25) is 9.52 Å². The second-order valence-corrected chi connectivity index (χ2v) is 15.2. The molecule has 0 aliphatic heterocycles. The first-order chi connectivity index (χ1) is 17.5. The second-order valence-electron chi connectivity index (χ2n) is 10.9. The van der Waals surface area contributed by atoms with Crippen molar-refractivity contribution in [1.82, 2.24) is 0 Å². The Balaban J connectivity index is 2.34. The highest BCUT2D eigenvalue weighted by atomic mass is 32.2. The number of carbonyl (C=O) groups is 1. The number of ether oxygens (including phenoxy) is 1. The van der Waals surface area contributed by atoms with Gasteiger partial charge in [0.2, 0.25) is 10.0 Å². The van der Waals surface area contributed by atoms with Crippen LogP contribution in [0.15, 0.2) is 36.4 Å². The quantitative estimate of drug-likeness (QED) is 0.340. The van der Waals surface area contributed by atoms with Gasteiger partial charge in [-0.05, 0) is 61.1 Å². The molecule has 7 nitrogen and oxygen atoms in total. The fraction of sp³-hybridized carbons (Fsp3) is 0.552. The lowest BCUT2D eigenvalue weighted by atomic mass is 9.70. The molecule has 2 rings (SSSR count). The van der Waals surface area contributed by atoms with Crippen LogP contribution in [0, 0.1) is 19.3 Å². The first-order valence-electron chi connectivity index (χ1n) is 13.1. The molecule has 0 saturated carbocycles. The van der Waals surface area contributed by atoms with E-state index in [-0.39, 0.29) is 23.6 Å². The summed E-state index contributed by atoms with van der Waals surface area (Å²) >= 11 is 0. The third kappa shape index (κ3) is 7.82. The van der Waals surface area contributed by atoms with E-state index in [0.717, 1.165) is 35.1 Å². The normalized spacial score (nSPS) is 12.8. The Morgan fingerprint density at radius 2 is 1.39 bits per heavy atom. The van der Waals surface area contributed by atoms with Crippen LogP contribution < -0.4 is 9.46 Å². The second kappa shape index (κ2) is 12.2. The van der Waals surface area contributed by atoms with E-state index in [1.807, 2.05) is 58.9 Å². The highest BCUT2D eigenvalue weighted by molar-refractivity contribution is 7.95. The summed E-state index contributed by atoms with van der Waals surface area (Å²) in [5.74, 6) is -0.260. The fourth-order valence-corrected chi connectivity index (χ4v) is 7.23. The van der Waals surface area contributed by atoms with Crippen LogP contribution in [0.5, 0.6) is 5.75 Å². The highest BCUT2D eigenvalue weighted by Crippen LogP contribution is 2.41. The number of anilines is 1. The maximum absolute atomic E-state index is 12.5. The van der Waals surface area contributed by atoms with Gasteiger partial charge in [0.15, 0.2) is 15.6 Å². The number of sulfonamides is 1. The first-order valence-corrected chi connectivity index (χ1v) is 16.6. The topological polar surface area (TPSA) is 107 Å². The van der Waals surface area contributed by atoms with Crippen LogP contribution in [0.4, 0.5) is 5.69 Å². The molecule has 0 aliphatic carbocycles. The van der Waals surface area contributed by atoms with Gasteiger partial charge in [0.1, 0.15) is 12.4 Å². The summed E-state index contributed by atoms with van der Waals surface area (Å²) in [7, 11) is -7.20. The molecule has 1 N–H and O–H groups in total. The van der Waals surface area contributed by atoms with Crippen molar-refractivity contribution in [3.8, 4) is 5.75 Å². The van der Waals surface area contributed by atoms with Crippen molar-refractivity contribution in [3.63, 3.8) is 0 Å². The van der Waals surface area contributed by atoms with Crippen LogP contribution in [0.25, 0.3) is 0 Å². The molecule has 2 aromatic carbocycles. The van der Waals surface area contributed by atoms with E-state index < -0.39 is 36.8 Å². The summed E-state index contributed by atoms with van der Waals surface area (Å²) < 4.78 is 57.0. The van der Waals surface area contributed by atoms with Gasteiger partial charge in [0, 0.05) is 16.6 Å². The Morgan fingerprint density at radius 3 is 1.87 bits per heavy atom. The average molecular weight is 566 g/mol. The van der Waals surface area contributed by atoms with E-state index in [0.29, 0.717) is 11.4 Å². The lowest BCUT2D eigenvalue weighted by Crippen LogP contribution is -2.27. The number of rotatable bonds is 13. The molecular weight excluding hydrogens is 522 g/mol. The molecule has 0 aliphatic rings. The van der Waals surface area contributed by atoms with Crippen LogP contribution in [0.3, 0.4) is 0 Å². The van der Waals surface area contributed by atoms with E-state index in [2.05, 4.69) is 24.6 Å². The van der Waals surface area contributed by atoms with Crippen molar-refractivity contribution in [2.45, 2.75) is 73.6 Å². The molecule has 38 heavy (non-hydrogen) atoms. The summed E-state index contributed by atoms with van der Waals surface area (Å²) in [5, 5.41) is 0. The van der Waals surface area contributed by atoms with Crippen LogP contribution in [-0.4, -0.2) is 46.5 Å². The van der Waals surface area contributed by atoms with E-state index >= 15 is 0 Å². The molecule has 212 valence electrons. The largest absolute Gasteiger partial charge is 0.486 e. The van der Waals surface area contributed by atoms with E-state index in [1.165, 1.54) is 6.92 Å². The minimum Gasteiger partial charge on any atom is -0.486 e. The van der Waals surface area contributed by atoms with E-state index in [4.69, 9.17) is 4.74 Å². The van der Waals surface area contributed by atoms with Gasteiger partial charge in [-0.2, -0.15) is 0 Å². The van der Waals surface area contributed by atoms with Gasteiger partial charge >= 0.3 is 0 Å². The van der Waals surface area contributed by atoms with E-state index in [1.54, 1.807) is 6.07 Å². The predicted molar refractivity (Wildman–Crippen MR) is 155 cm³/mol. The van der Waals surface area contributed by atoms with Crippen molar-refractivity contribution >= 4 is 31.3 Å². The summed E-state index contributed by atoms with van der Waals surface area (Å²) in [6, 6.07) is 11.7. The third-order valence-electron chi connectivity index (χ3n) is 7.28. The minimum atomic E-state index is -3.81. The molecule has 0 fully saturated rings. The monoisotopic (exact) mass is 565 g/mol. The number of nitrogens with one attached hydrogen (secondary N) is 1. The molecule has 0 bridgehead atoms. The standard InChI is InChI=1S/C29H43NO6S2/c1-9-29(10-2,24-13-15-26(22(5)19-24)36-20-27(31)28(6,7)8)23-12-14-25(21(4)18-23)30-38(34,35)17-16-37(32,33)11-3/h12-15,18-19,30H,9-11,16-17,20H2,1-8H3. The molecule has 2 aromatic rings. The zero-order chi connectivity index (χ0) is 28.9. The SMILES string of the molecule is CCC(CC)(c1ccc(NS(=O)(=O)CCS(=O)(=O)CC)c(C)c1)c1ccc(OCC(=O)C(C)(C)C)c(C)c1. The Labute approximate surface area is 229 Å². The van der Waals surface area contributed by atoms with Gasteiger partial charge in [-0.15, -0.1) is 0 Å². The van der Waals surface area contributed by atoms with Gasteiger partial charge < -0.3 is 4.74 Å². The first kappa shape index (κ1) is 31.8. The maximum Gasteiger partial charge on any atom is 0.233 e. The number of benzene rings is 2. The van der Waals surface area contributed by atoms with Gasteiger partial charge in [0.25, 0.3) is 0 Å². The Morgan fingerprint density at radius 1 is 0.842 bits per heavy atom. The molecule has 0 heterocycles. The Hall–Kier alpha value is -2.39. The van der Waals surface area contributed by atoms with Crippen LogP contribution in [0.2, 0.25) is 0 Å². The van der Waals surface area contributed by atoms with Gasteiger partial charge in [0.05, 0.1) is 17.2 Å². The van der Waals surface area contributed by atoms with Crippen LogP contribution in [-0.2, 0) is 30.1 Å². The summed E-state index contributed by atoms with van der Waals surface area (Å²) in [4.78, 5) is 12.3. The molecule has 0 atom stereocenters. The molecule has 0 saturated heterocycles. The van der Waals surface area contributed by atoms with Crippen molar-refractivity contribution in [2.75, 3.05) is 28.6 Å². The molecule has 0 aromatic heterocycles. The maximum atomic E-state index is 12.5. The number of ketones is 1. The number of hydrogen-bond acceptors (Lipinski definition) is 6. The predicted octanol–water partition coefficient (Wildman–Crippen LogP) is 5.58. The number of sulfone groups is 1. The van der Waals surface area contributed by atoms with Crippen molar-refractivity contribution in [2.24, 2.45) is 5.41 Å². The number of Topliss-reactive ketones (excluding diaryl/α,β-unsaturated/α-hetero) is 1. The third-order valence-corrected chi connectivity index (χ3v) is 10.5. The highest BCUT2D eigenvalue weighted by Gasteiger charge is 2.32. The summed E-state index contributed by atoms with van der Waals surface area (Å²) in [5.41, 5.74) is 3.55. The zero-order valence-corrected chi connectivity index (χ0v) is 25.6.